The maximum atomic E-state index is 2.29. The van der Waals surface area contributed by atoms with Crippen LogP contribution in [0.15, 0.2) is 91.0 Å². The molecule has 0 bridgehead atoms. The van der Waals surface area contributed by atoms with Crippen molar-refractivity contribution in [3.63, 3.8) is 0 Å². The van der Waals surface area contributed by atoms with Gasteiger partial charge < -0.3 is 24.8 Å². The van der Waals surface area contributed by atoms with Crippen molar-refractivity contribution in [1.29, 1.82) is 0 Å². The van der Waals surface area contributed by atoms with Gasteiger partial charge in [0.05, 0.1) is 0 Å². The Kier molecular flexibility index (Phi) is 11.4. The molecule has 5 rings (SSSR count). The Morgan fingerprint density at radius 1 is 0.677 bits per heavy atom. The van der Waals surface area contributed by atoms with Crippen molar-refractivity contribution in [2.45, 2.75) is 20.8 Å². The molecule has 4 heteroatoms. The largest absolute Gasteiger partial charge is 4.00 e. The molecule has 0 spiro atoms. The molecule has 1 unspecified atom stereocenters. The zero-order valence-corrected chi connectivity index (χ0v) is 22.9. The molecule has 5 aromatic rings. The molecule has 0 nitrogen and oxygen atoms in total. The summed E-state index contributed by atoms with van der Waals surface area (Å²) in [5.74, 6) is 0. The number of fused-ring (bicyclic) bond motifs is 2. The first-order valence-corrected chi connectivity index (χ1v) is 10.7. The SMILES string of the molecule is Cc1[cH-]c2ccccc2c1Pc1ccccc1.Cc1ccc(C)c2[cH-]ccc12.[Cl-].[Cl-].[Zr+4]. The van der Waals surface area contributed by atoms with E-state index in [1.807, 2.05) is 0 Å². The molecule has 0 amide bonds. The third kappa shape index (κ3) is 6.40. The van der Waals surface area contributed by atoms with Gasteiger partial charge in [-0.1, -0.05) is 61.9 Å². The van der Waals surface area contributed by atoms with Crippen LogP contribution in [0.1, 0.15) is 16.7 Å². The summed E-state index contributed by atoms with van der Waals surface area (Å²) in [7, 11) is 0.754. The fourth-order valence-electron chi connectivity index (χ4n) is 3.74. The Bertz CT molecular complexity index is 1190. The predicted octanol–water partition coefficient (Wildman–Crippen LogP) is 0.677. The number of benzene rings is 3. The van der Waals surface area contributed by atoms with Gasteiger partial charge in [0.1, 0.15) is 0 Å². The van der Waals surface area contributed by atoms with Gasteiger partial charge in [-0.15, -0.1) is 83.0 Å². The number of hydrogen-bond acceptors (Lipinski definition) is 0. The molecule has 5 aromatic carbocycles. The molecule has 0 aliphatic carbocycles. The van der Waals surface area contributed by atoms with Crippen LogP contribution < -0.4 is 35.4 Å². The summed E-state index contributed by atoms with van der Waals surface area (Å²) in [5.41, 5.74) is 4.15. The first kappa shape index (κ1) is 27.8. The van der Waals surface area contributed by atoms with Crippen molar-refractivity contribution < 1.29 is 51.0 Å². The summed E-state index contributed by atoms with van der Waals surface area (Å²) in [5, 5.41) is 8.46. The molecule has 0 aliphatic heterocycles. The summed E-state index contributed by atoms with van der Waals surface area (Å²) < 4.78 is 0. The van der Waals surface area contributed by atoms with Gasteiger partial charge in [0.25, 0.3) is 0 Å². The standard InChI is InChI=1S/C16H14P.C11H11.2ClH.Zr/c1-12-11-13-7-5-6-10-15(13)16(12)17-14-8-3-2-4-9-14;1-8-6-7-9(2)11-5-3-4-10(8)11;;;/h2-11,17H,1H3;3-7H,1-2H3;2*1H;/q2*-1;;;+4/p-2. The number of halogens is 2. The van der Waals surface area contributed by atoms with Gasteiger partial charge in [-0.05, 0) is 12.2 Å². The van der Waals surface area contributed by atoms with Crippen LogP contribution in [0.3, 0.4) is 0 Å². The van der Waals surface area contributed by atoms with Crippen molar-refractivity contribution in [1.82, 2.24) is 0 Å². The summed E-state index contributed by atoms with van der Waals surface area (Å²) in [6.07, 6.45) is 0. The van der Waals surface area contributed by atoms with Crippen molar-refractivity contribution in [3.8, 4) is 0 Å². The molecule has 0 radical (unpaired) electrons. The van der Waals surface area contributed by atoms with Gasteiger partial charge in [0, 0.05) is 0 Å². The number of hydrogen-bond donors (Lipinski definition) is 0. The molecule has 0 saturated carbocycles. The van der Waals surface area contributed by atoms with E-state index in [2.05, 4.69) is 112 Å². The second kappa shape index (κ2) is 12.7. The molecule has 0 fully saturated rings. The molecule has 0 saturated heterocycles. The third-order valence-corrected chi connectivity index (χ3v) is 6.82. The molecule has 156 valence electrons. The van der Waals surface area contributed by atoms with Crippen LogP contribution in [-0.2, 0) is 26.2 Å². The van der Waals surface area contributed by atoms with E-state index in [0.29, 0.717) is 0 Å². The zero-order chi connectivity index (χ0) is 19.5. The van der Waals surface area contributed by atoms with Crippen LogP contribution in [0.25, 0.3) is 21.5 Å². The normalized spacial score (nSPS) is 10.2. The maximum Gasteiger partial charge on any atom is 4.00 e. The van der Waals surface area contributed by atoms with E-state index >= 15 is 0 Å². The van der Waals surface area contributed by atoms with Crippen LogP contribution in [-0.4, -0.2) is 0 Å². The fourth-order valence-corrected chi connectivity index (χ4v) is 5.02. The topological polar surface area (TPSA) is 0 Å². The van der Waals surface area contributed by atoms with E-state index in [4.69, 9.17) is 0 Å². The minimum absolute atomic E-state index is 0. The fraction of sp³-hybridized carbons (Fsp3) is 0.111. The summed E-state index contributed by atoms with van der Waals surface area (Å²) in [4.78, 5) is 0. The van der Waals surface area contributed by atoms with Gasteiger partial charge in [-0.3, -0.25) is 0 Å². The number of aryl methyl sites for hydroxylation is 3. The van der Waals surface area contributed by atoms with Crippen molar-refractivity contribution in [2.75, 3.05) is 0 Å². The van der Waals surface area contributed by atoms with Gasteiger partial charge >= 0.3 is 26.2 Å². The Morgan fingerprint density at radius 3 is 2.03 bits per heavy atom. The van der Waals surface area contributed by atoms with Gasteiger partial charge in [-0.25, -0.2) is 0 Å². The molecule has 0 heterocycles. The van der Waals surface area contributed by atoms with Crippen molar-refractivity contribution >= 4 is 40.7 Å². The second-order valence-corrected chi connectivity index (χ2v) is 8.66. The molecule has 0 aromatic heterocycles. The minimum atomic E-state index is 0. The number of rotatable bonds is 2. The Balaban J connectivity index is 0.000000303. The predicted molar refractivity (Wildman–Crippen MR) is 127 cm³/mol. The van der Waals surface area contributed by atoms with E-state index in [1.165, 1.54) is 48.8 Å². The molecular formula is C27H25Cl2PZr. The van der Waals surface area contributed by atoms with Gasteiger partial charge in [-0.2, -0.15) is 12.1 Å². The van der Waals surface area contributed by atoms with Crippen LogP contribution >= 0.6 is 8.58 Å². The Hall–Kier alpha value is -1.23. The van der Waals surface area contributed by atoms with E-state index in [1.54, 1.807) is 0 Å². The Labute approximate surface area is 218 Å². The third-order valence-electron chi connectivity index (χ3n) is 5.29. The monoisotopic (exact) mass is 540 g/mol. The quantitative estimate of drug-likeness (QED) is 0.228. The van der Waals surface area contributed by atoms with E-state index in [0.717, 1.165) is 8.58 Å². The molecule has 0 aliphatic rings. The average molecular weight is 543 g/mol. The van der Waals surface area contributed by atoms with Crippen LogP contribution in [0.2, 0.25) is 0 Å². The van der Waals surface area contributed by atoms with E-state index in [9.17, 15) is 0 Å². The van der Waals surface area contributed by atoms with E-state index in [-0.39, 0.29) is 51.0 Å². The molecular weight excluding hydrogens is 517 g/mol. The summed E-state index contributed by atoms with van der Waals surface area (Å²) in [6.45, 7) is 6.52. The van der Waals surface area contributed by atoms with Crippen molar-refractivity contribution in [2.24, 2.45) is 0 Å². The zero-order valence-electron chi connectivity index (χ0n) is 17.9. The second-order valence-electron chi connectivity index (χ2n) is 7.33. The average Bonchev–Trinajstić information content (AvgIpc) is 3.33. The van der Waals surface area contributed by atoms with Gasteiger partial charge in [0.15, 0.2) is 0 Å². The smallest absolute Gasteiger partial charge is 1.00 e. The Morgan fingerprint density at radius 2 is 1.32 bits per heavy atom. The first-order chi connectivity index (χ1) is 13.6. The van der Waals surface area contributed by atoms with E-state index < -0.39 is 0 Å². The van der Waals surface area contributed by atoms with Crippen LogP contribution in [0.5, 0.6) is 0 Å². The minimum Gasteiger partial charge on any atom is -1.00 e. The molecule has 0 N–H and O–H groups in total. The summed E-state index contributed by atoms with van der Waals surface area (Å²) in [6, 6.07) is 32.5. The molecule has 1 atom stereocenters. The van der Waals surface area contributed by atoms with Gasteiger partial charge in [0.2, 0.25) is 0 Å². The van der Waals surface area contributed by atoms with Crippen LogP contribution in [0.4, 0.5) is 0 Å². The van der Waals surface area contributed by atoms with Crippen molar-refractivity contribution in [3.05, 3.63) is 108 Å². The maximum absolute atomic E-state index is 2.29. The van der Waals surface area contributed by atoms with Crippen LogP contribution in [0, 0.1) is 20.8 Å². The first-order valence-electron chi connectivity index (χ1n) is 9.72. The summed E-state index contributed by atoms with van der Waals surface area (Å²) >= 11 is 0. The molecule has 31 heavy (non-hydrogen) atoms.